The molecule has 0 aromatic heterocycles. The van der Waals surface area contributed by atoms with Crippen molar-refractivity contribution < 1.29 is 18.0 Å². The summed E-state index contributed by atoms with van der Waals surface area (Å²) in [6.45, 7) is 3.30. The van der Waals surface area contributed by atoms with Gasteiger partial charge in [-0.3, -0.25) is 4.79 Å². The van der Waals surface area contributed by atoms with E-state index in [0.29, 0.717) is 18.2 Å². The standard InChI is InChI=1S/C5H9NO.C4H8N2O.C4H9NO2S/c1-6-4-2-3-5(6)7;1-6-3-2-5-4(6)7;1-5-3-2-4-8(5,6)7/h2-4H2,1H3;2-3H2,1H3,(H,5,7);2-4H2,1H3. The number of urea groups is 1. The Labute approximate surface area is 132 Å². The molecule has 0 radical (unpaired) electrons. The van der Waals surface area contributed by atoms with Gasteiger partial charge in [-0.2, -0.15) is 0 Å². The van der Waals surface area contributed by atoms with E-state index in [2.05, 4.69) is 5.32 Å². The van der Waals surface area contributed by atoms with Crippen molar-refractivity contribution in [3.05, 3.63) is 0 Å². The van der Waals surface area contributed by atoms with Crippen molar-refractivity contribution in [2.24, 2.45) is 0 Å². The van der Waals surface area contributed by atoms with Crippen molar-refractivity contribution in [1.29, 1.82) is 0 Å². The molecule has 3 rings (SSSR count). The number of sulfonamides is 1. The first-order valence-corrected chi connectivity index (χ1v) is 9.02. The average Bonchev–Trinajstić information content (AvgIpc) is 3.09. The summed E-state index contributed by atoms with van der Waals surface area (Å²) in [6.07, 6.45) is 2.60. The smallest absolute Gasteiger partial charge is 0.317 e. The van der Waals surface area contributed by atoms with Gasteiger partial charge in [0.05, 0.1) is 5.75 Å². The molecule has 3 aliphatic heterocycles. The first kappa shape index (κ1) is 18.7. The molecule has 3 fully saturated rings. The fraction of sp³-hybridized carbons (Fsp3) is 0.846. The SMILES string of the molecule is CN1CCCC1=O.CN1CCCS1(=O)=O.CN1CCNC1=O. The van der Waals surface area contributed by atoms with Crippen molar-refractivity contribution in [2.45, 2.75) is 19.3 Å². The predicted molar refractivity (Wildman–Crippen MR) is 83.9 cm³/mol. The van der Waals surface area contributed by atoms with Crippen LogP contribution in [0.4, 0.5) is 4.79 Å². The maximum Gasteiger partial charge on any atom is 0.317 e. The maximum atomic E-state index is 10.7. The van der Waals surface area contributed by atoms with Crippen molar-refractivity contribution in [1.82, 2.24) is 19.4 Å². The minimum absolute atomic E-state index is 0.0417. The molecule has 0 aromatic carbocycles. The van der Waals surface area contributed by atoms with Crippen LogP contribution >= 0.6 is 0 Å². The number of carbonyl (C=O) groups is 2. The second-order valence-corrected chi connectivity index (χ2v) is 7.76. The van der Waals surface area contributed by atoms with E-state index in [1.807, 2.05) is 7.05 Å². The number of likely N-dealkylation sites (N-methyl/N-ethyl adjacent to an activating group) is 1. The first-order valence-electron chi connectivity index (χ1n) is 7.41. The Morgan fingerprint density at radius 3 is 1.77 bits per heavy atom. The van der Waals surface area contributed by atoms with Gasteiger partial charge in [-0.1, -0.05) is 0 Å². The fourth-order valence-corrected chi connectivity index (χ4v) is 3.33. The van der Waals surface area contributed by atoms with Crippen molar-refractivity contribution in [3.8, 4) is 0 Å². The minimum Gasteiger partial charge on any atom is -0.346 e. The summed E-state index contributed by atoms with van der Waals surface area (Å²) in [5.41, 5.74) is 0. The van der Waals surface area contributed by atoms with Crippen molar-refractivity contribution in [3.63, 3.8) is 0 Å². The molecule has 0 aliphatic carbocycles. The van der Waals surface area contributed by atoms with Crippen LogP contribution in [0.5, 0.6) is 0 Å². The summed E-state index contributed by atoms with van der Waals surface area (Å²) in [5, 5.41) is 2.66. The second-order valence-electron chi connectivity index (χ2n) is 5.56. The van der Waals surface area contributed by atoms with E-state index >= 15 is 0 Å². The molecular formula is C13H26N4O4S. The molecule has 1 N–H and O–H groups in total. The van der Waals surface area contributed by atoms with Crippen LogP contribution in [0.2, 0.25) is 0 Å². The van der Waals surface area contributed by atoms with E-state index in [-0.39, 0.29) is 6.03 Å². The Hall–Kier alpha value is -1.35. The van der Waals surface area contributed by atoms with E-state index in [0.717, 1.165) is 38.9 Å². The summed E-state index contributed by atoms with van der Waals surface area (Å²) < 4.78 is 22.8. The molecule has 0 aromatic rings. The number of nitrogens with one attached hydrogen (secondary N) is 1. The molecule has 3 heterocycles. The van der Waals surface area contributed by atoms with Crippen LogP contribution in [-0.4, -0.2) is 87.5 Å². The normalized spacial score (nSPS) is 23.6. The van der Waals surface area contributed by atoms with Gasteiger partial charge in [0.2, 0.25) is 15.9 Å². The molecule has 0 bridgehead atoms. The zero-order chi connectivity index (χ0) is 16.8. The Balaban J connectivity index is 0.000000166. The van der Waals surface area contributed by atoms with Gasteiger partial charge >= 0.3 is 6.03 Å². The van der Waals surface area contributed by atoms with Gasteiger partial charge in [0.25, 0.3) is 0 Å². The van der Waals surface area contributed by atoms with Crippen LogP contribution in [-0.2, 0) is 14.8 Å². The number of hydrogen-bond acceptors (Lipinski definition) is 4. The maximum absolute atomic E-state index is 10.7. The lowest BCUT2D eigenvalue weighted by Crippen LogP contribution is -2.23. The summed E-state index contributed by atoms with van der Waals surface area (Å²) in [4.78, 5) is 24.3. The van der Waals surface area contributed by atoms with Crippen molar-refractivity contribution in [2.75, 3.05) is 53.1 Å². The summed E-state index contributed by atoms with van der Waals surface area (Å²) in [7, 11) is 2.44. The van der Waals surface area contributed by atoms with Crippen LogP contribution in [0.3, 0.4) is 0 Å². The third kappa shape index (κ3) is 5.80. The summed E-state index contributed by atoms with van der Waals surface area (Å²) >= 11 is 0. The monoisotopic (exact) mass is 334 g/mol. The topological polar surface area (TPSA) is 90.0 Å². The van der Waals surface area contributed by atoms with Crippen LogP contribution in [0.15, 0.2) is 0 Å². The molecule has 0 unspecified atom stereocenters. The highest BCUT2D eigenvalue weighted by molar-refractivity contribution is 7.89. The minimum atomic E-state index is -2.79. The van der Waals surface area contributed by atoms with Crippen LogP contribution in [0, 0.1) is 0 Å². The van der Waals surface area contributed by atoms with Gasteiger partial charge in [0, 0.05) is 53.7 Å². The summed E-state index contributed by atoms with van der Waals surface area (Å²) in [5.74, 6) is 0.628. The predicted octanol–water partition coefficient (Wildman–Crippen LogP) is -0.468. The van der Waals surface area contributed by atoms with Crippen LogP contribution < -0.4 is 5.32 Å². The number of hydrogen-bond donors (Lipinski definition) is 1. The van der Waals surface area contributed by atoms with Gasteiger partial charge < -0.3 is 15.1 Å². The van der Waals surface area contributed by atoms with Crippen LogP contribution in [0.25, 0.3) is 0 Å². The molecule has 0 spiro atoms. The highest BCUT2D eigenvalue weighted by atomic mass is 32.2. The van der Waals surface area contributed by atoms with E-state index in [9.17, 15) is 18.0 Å². The molecule has 0 saturated carbocycles. The number of nitrogens with zero attached hydrogens (tertiary/aromatic N) is 3. The first-order chi connectivity index (χ1) is 10.2. The Morgan fingerprint density at radius 1 is 0.955 bits per heavy atom. The average molecular weight is 334 g/mol. The zero-order valence-electron chi connectivity index (χ0n) is 13.5. The lowest BCUT2D eigenvalue weighted by Gasteiger charge is -2.03. The number of amides is 3. The van der Waals surface area contributed by atoms with Gasteiger partial charge in [-0.25, -0.2) is 17.5 Å². The van der Waals surface area contributed by atoms with Gasteiger partial charge in [0.15, 0.2) is 0 Å². The van der Waals surface area contributed by atoms with E-state index < -0.39 is 10.0 Å². The lowest BCUT2D eigenvalue weighted by atomic mass is 10.4. The molecule has 128 valence electrons. The number of carbonyl (C=O) groups excluding carboxylic acids is 2. The molecule has 22 heavy (non-hydrogen) atoms. The van der Waals surface area contributed by atoms with E-state index in [1.54, 1.807) is 23.9 Å². The van der Waals surface area contributed by atoms with E-state index in [4.69, 9.17) is 0 Å². The molecule has 3 amide bonds. The van der Waals surface area contributed by atoms with Gasteiger partial charge in [-0.05, 0) is 12.8 Å². The van der Waals surface area contributed by atoms with E-state index in [1.165, 1.54) is 4.31 Å². The largest absolute Gasteiger partial charge is 0.346 e. The van der Waals surface area contributed by atoms with Crippen molar-refractivity contribution >= 4 is 22.0 Å². The quantitative estimate of drug-likeness (QED) is 0.649. The molecule has 3 aliphatic rings. The van der Waals surface area contributed by atoms with Gasteiger partial charge in [-0.15, -0.1) is 0 Å². The van der Waals surface area contributed by atoms with Gasteiger partial charge in [0.1, 0.15) is 0 Å². The second kappa shape index (κ2) is 8.33. The molecule has 8 nitrogen and oxygen atoms in total. The number of likely N-dealkylation sites (tertiary alicyclic amines) is 1. The Morgan fingerprint density at radius 2 is 1.64 bits per heavy atom. The highest BCUT2D eigenvalue weighted by Gasteiger charge is 2.23. The molecule has 3 saturated heterocycles. The molecule has 0 atom stereocenters. The lowest BCUT2D eigenvalue weighted by molar-refractivity contribution is -0.126. The molecule has 9 heteroatoms. The van der Waals surface area contributed by atoms with Crippen LogP contribution in [0.1, 0.15) is 19.3 Å². The number of rotatable bonds is 0. The fourth-order valence-electron chi connectivity index (χ4n) is 2.11. The zero-order valence-corrected chi connectivity index (χ0v) is 14.4. The summed E-state index contributed by atoms with van der Waals surface area (Å²) in [6, 6.07) is 0.0417. The molecular weight excluding hydrogens is 308 g/mol. The Bertz CT molecular complexity index is 470. The third-order valence-corrected chi connectivity index (χ3v) is 5.67. The third-order valence-electron chi connectivity index (χ3n) is 3.73. The Kier molecular flexibility index (Phi) is 7.08. The highest BCUT2D eigenvalue weighted by Crippen LogP contribution is 2.08.